The first-order chi connectivity index (χ1) is 11.7. The summed E-state index contributed by atoms with van der Waals surface area (Å²) >= 11 is 6.12. The van der Waals surface area contributed by atoms with Crippen LogP contribution < -0.4 is 10.6 Å². The molecule has 3 rings (SSSR count). The van der Waals surface area contributed by atoms with Crippen LogP contribution in [0, 0.1) is 0 Å². The van der Waals surface area contributed by atoms with Gasteiger partial charge in [0.25, 0.3) is 0 Å². The average Bonchev–Trinajstić information content (AvgIpc) is 3.25. The van der Waals surface area contributed by atoms with Crippen LogP contribution in [-0.2, 0) is 0 Å². The summed E-state index contributed by atoms with van der Waals surface area (Å²) in [4.78, 5) is 12.1. The maximum absolute atomic E-state index is 12.1. The van der Waals surface area contributed by atoms with Gasteiger partial charge in [-0.15, -0.1) is 0 Å². The first-order valence-corrected chi connectivity index (χ1v) is 7.56. The molecule has 0 spiro atoms. The second-order valence-corrected chi connectivity index (χ2v) is 5.38. The lowest BCUT2D eigenvalue weighted by atomic mass is 10.2. The molecule has 0 saturated heterocycles. The molecule has 0 bridgehead atoms. The van der Waals surface area contributed by atoms with Gasteiger partial charge in [-0.1, -0.05) is 23.7 Å². The number of aromatic nitrogens is 2. The van der Waals surface area contributed by atoms with Gasteiger partial charge in [0, 0.05) is 0 Å². The number of amides is 2. The van der Waals surface area contributed by atoms with Crippen LogP contribution in [-0.4, -0.2) is 27.5 Å². The van der Waals surface area contributed by atoms with E-state index in [9.17, 15) is 9.90 Å². The Balaban J connectivity index is 1.66. The average molecular weight is 347 g/mol. The minimum absolute atomic E-state index is 0.278. The van der Waals surface area contributed by atoms with Gasteiger partial charge in [-0.25, -0.2) is 9.48 Å². The number of furan rings is 1. The van der Waals surface area contributed by atoms with Crippen LogP contribution >= 0.6 is 11.6 Å². The molecule has 0 fully saturated rings. The Labute approximate surface area is 142 Å². The maximum Gasteiger partial charge on any atom is 0.320 e. The maximum atomic E-state index is 12.1. The summed E-state index contributed by atoms with van der Waals surface area (Å²) in [5.74, 6) is 0.472. The minimum atomic E-state index is -0.626. The highest BCUT2D eigenvalue weighted by molar-refractivity contribution is 6.32. The van der Waals surface area contributed by atoms with Crippen molar-refractivity contribution in [2.24, 2.45) is 0 Å². The molecule has 8 heteroatoms. The van der Waals surface area contributed by atoms with E-state index in [1.807, 2.05) is 18.2 Å². The number of urea groups is 1. The van der Waals surface area contributed by atoms with E-state index in [0.717, 1.165) is 0 Å². The number of hydrogen-bond acceptors (Lipinski definition) is 4. The molecule has 2 amide bonds. The molecule has 0 unspecified atom stereocenters. The third kappa shape index (κ3) is 3.58. The molecule has 1 aromatic carbocycles. The van der Waals surface area contributed by atoms with Gasteiger partial charge in [0.15, 0.2) is 0 Å². The van der Waals surface area contributed by atoms with E-state index in [0.29, 0.717) is 22.2 Å². The molecule has 3 N–H and O–H groups in total. The Morgan fingerprint density at radius 3 is 2.88 bits per heavy atom. The minimum Gasteiger partial charge on any atom is -0.467 e. The van der Waals surface area contributed by atoms with Crippen molar-refractivity contribution in [3.05, 3.63) is 65.8 Å². The SMILES string of the molecule is O=C(Nc1cnn(-c2ccccc2Cl)c1)N[C@@H](CO)c1ccco1. The van der Waals surface area contributed by atoms with Gasteiger partial charge in [0.1, 0.15) is 11.8 Å². The number of carbonyl (C=O) groups is 1. The molecule has 0 aliphatic rings. The van der Waals surface area contributed by atoms with Crippen LogP contribution in [0.15, 0.2) is 59.5 Å². The number of nitrogens with one attached hydrogen (secondary N) is 2. The van der Waals surface area contributed by atoms with Crippen LogP contribution in [0.2, 0.25) is 5.02 Å². The van der Waals surface area contributed by atoms with E-state index < -0.39 is 12.1 Å². The highest BCUT2D eigenvalue weighted by Gasteiger charge is 2.16. The van der Waals surface area contributed by atoms with Crippen LogP contribution in [0.1, 0.15) is 11.8 Å². The fourth-order valence-corrected chi connectivity index (χ4v) is 2.40. The van der Waals surface area contributed by atoms with Gasteiger partial charge in [0.2, 0.25) is 0 Å². The largest absolute Gasteiger partial charge is 0.467 e. The number of para-hydroxylation sites is 1. The topological polar surface area (TPSA) is 92.3 Å². The third-order valence-corrected chi connectivity index (χ3v) is 3.63. The lowest BCUT2D eigenvalue weighted by Crippen LogP contribution is -2.34. The van der Waals surface area contributed by atoms with Crippen molar-refractivity contribution < 1.29 is 14.3 Å². The van der Waals surface area contributed by atoms with Crippen LogP contribution in [0.4, 0.5) is 10.5 Å². The number of carbonyl (C=O) groups excluding carboxylic acids is 1. The monoisotopic (exact) mass is 346 g/mol. The Morgan fingerprint density at radius 2 is 2.17 bits per heavy atom. The second kappa shape index (κ2) is 7.20. The molecule has 7 nitrogen and oxygen atoms in total. The standard InChI is InChI=1S/C16H15ClN4O3/c17-12-4-1-2-5-14(12)21-9-11(8-18-21)19-16(23)20-13(10-22)15-6-3-7-24-15/h1-9,13,22H,10H2,(H2,19,20,23)/t13-/m0/s1. The number of aliphatic hydroxyl groups excluding tert-OH is 1. The van der Waals surface area contributed by atoms with Gasteiger partial charge in [0.05, 0.1) is 41.7 Å². The number of hydrogen-bond donors (Lipinski definition) is 3. The van der Waals surface area contributed by atoms with Crippen molar-refractivity contribution in [3.8, 4) is 5.69 Å². The van der Waals surface area contributed by atoms with Crippen molar-refractivity contribution in [1.82, 2.24) is 15.1 Å². The fraction of sp³-hybridized carbons (Fsp3) is 0.125. The molecule has 0 aliphatic carbocycles. The molecule has 1 atom stereocenters. The number of halogens is 1. The number of nitrogens with zero attached hydrogens (tertiary/aromatic N) is 2. The lowest BCUT2D eigenvalue weighted by molar-refractivity contribution is 0.215. The van der Waals surface area contributed by atoms with Crippen molar-refractivity contribution in [1.29, 1.82) is 0 Å². The van der Waals surface area contributed by atoms with Crippen molar-refractivity contribution in [2.45, 2.75) is 6.04 Å². The molecule has 2 heterocycles. The lowest BCUT2D eigenvalue weighted by Gasteiger charge is -2.13. The number of aliphatic hydroxyl groups is 1. The summed E-state index contributed by atoms with van der Waals surface area (Å²) in [5, 5.41) is 19.4. The summed E-state index contributed by atoms with van der Waals surface area (Å²) in [6.07, 6.45) is 4.62. The van der Waals surface area contributed by atoms with E-state index in [4.69, 9.17) is 16.0 Å². The van der Waals surface area contributed by atoms with Crippen molar-refractivity contribution >= 4 is 23.3 Å². The molecule has 2 aromatic heterocycles. The summed E-state index contributed by atoms with van der Waals surface area (Å²) in [5.41, 5.74) is 1.19. The smallest absolute Gasteiger partial charge is 0.320 e. The Bertz CT molecular complexity index is 816. The molecule has 24 heavy (non-hydrogen) atoms. The summed E-state index contributed by atoms with van der Waals surface area (Å²) in [6, 6.07) is 9.50. The quantitative estimate of drug-likeness (QED) is 0.662. The number of anilines is 1. The van der Waals surface area contributed by atoms with Gasteiger partial charge in [-0.05, 0) is 24.3 Å². The Kier molecular flexibility index (Phi) is 4.83. The van der Waals surface area contributed by atoms with Gasteiger partial charge >= 0.3 is 6.03 Å². The highest BCUT2D eigenvalue weighted by atomic mass is 35.5. The number of benzene rings is 1. The molecule has 0 aliphatic heterocycles. The van der Waals surface area contributed by atoms with Gasteiger partial charge in [-0.3, -0.25) is 0 Å². The molecule has 0 saturated carbocycles. The predicted molar refractivity (Wildman–Crippen MR) is 89.3 cm³/mol. The summed E-state index contributed by atoms with van der Waals surface area (Å²) < 4.78 is 6.74. The molecule has 0 radical (unpaired) electrons. The zero-order chi connectivity index (χ0) is 16.9. The summed E-state index contributed by atoms with van der Waals surface area (Å²) in [7, 11) is 0. The van der Waals surface area contributed by atoms with Crippen LogP contribution in [0.25, 0.3) is 5.69 Å². The normalized spacial score (nSPS) is 11.9. The van der Waals surface area contributed by atoms with Gasteiger partial charge < -0.3 is 20.2 Å². The fourth-order valence-electron chi connectivity index (χ4n) is 2.18. The van der Waals surface area contributed by atoms with Crippen molar-refractivity contribution in [2.75, 3.05) is 11.9 Å². The Morgan fingerprint density at radius 1 is 1.33 bits per heavy atom. The highest BCUT2D eigenvalue weighted by Crippen LogP contribution is 2.20. The summed E-state index contributed by atoms with van der Waals surface area (Å²) in [6.45, 7) is -0.278. The van der Waals surface area contributed by atoms with Gasteiger partial charge in [-0.2, -0.15) is 5.10 Å². The molecular weight excluding hydrogens is 332 g/mol. The first-order valence-electron chi connectivity index (χ1n) is 7.18. The first kappa shape index (κ1) is 16.1. The zero-order valence-corrected chi connectivity index (χ0v) is 13.3. The molecule has 3 aromatic rings. The Hall–Kier alpha value is -2.77. The molecule has 124 valence electrons. The van der Waals surface area contributed by atoms with Crippen LogP contribution in [0.3, 0.4) is 0 Å². The predicted octanol–water partition coefficient (Wildman–Crippen LogP) is 2.97. The zero-order valence-electron chi connectivity index (χ0n) is 12.5. The van der Waals surface area contributed by atoms with E-state index in [-0.39, 0.29) is 6.61 Å². The van der Waals surface area contributed by atoms with E-state index in [1.165, 1.54) is 12.5 Å². The number of rotatable bonds is 5. The van der Waals surface area contributed by atoms with Crippen LogP contribution in [0.5, 0.6) is 0 Å². The van der Waals surface area contributed by atoms with E-state index >= 15 is 0 Å². The molecular formula is C16H15ClN4O3. The third-order valence-electron chi connectivity index (χ3n) is 3.31. The van der Waals surface area contributed by atoms with Crippen molar-refractivity contribution in [3.63, 3.8) is 0 Å². The van der Waals surface area contributed by atoms with E-state index in [2.05, 4.69) is 15.7 Å². The van der Waals surface area contributed by atoms with E-state index in [1.54, 1.807) is 29.1 Å². The second-order valence-electron chi connectivity index (χ2n) is 4.97.